The van der Waals surface area contributed by atoms with E-state index in [4.69, 9.17) is 4.74 Å². The molecule has 0 saturated carbocycles. The highest BCUT2D eigenvalue weighted by atomic mass is 32.2. The van der Waals surface area contributed by atoms with Crippen molar-refractivity contribution < 1.29 is 17.9 Å². The van der Waals surface area contributed by atoms with Gasteiger partial charge in [-0.1, -0.05) is 6.92 Å². The van der Waals surface area contributed by atoms with Crippen molar-refractivity contribution in [3.8, 4) is 0 Å². The number of nitrogens with one attached hydrogen (secondary N) is 1. The van der Waals surface area contributed by atoms with Crippen molar-refractivity contribution in [1.82, 2.24) is 9.03 Å². The van der Waals surface area contributed by atoms with E-state index in [2.05, 4.69) is 4.72 Å². The number of rotatable bonds is 7. The van der Waals surface area contributed by atoms with Gasteiger partial charge in [-0.3, -0.25) is 4.79 Å². The number of carbonyl (C=O) groups excluding carboxylic acids is 1. The maximum absolute atomic E-state index is 12.1. The molecule has 0 fully saturated rings. The molecule has 7 heteroatoms. The lowest BCUT2D eigenvalue weighted by Gasteiger charge is -2.27. The summed E-state index contributed by atoms with van der Waals surface area (Å²) in [5.74, 6) is -0.537. The number of esters is 1. The first kappa shape index (κ1) is 17.3. The minimum Gasteiger partial charge on any atom is -0.465 e. The van der Waals surface area contributed by atoms with Crippen LogP contribution < -0.4 is 4.72 Å². The zero-order valence-electron chi connectivity index (χ0n) is 11.8. The molecule has 0 aliphatic carbocycles. The molecule has 0 aliphatic heterocycles. The molecule has 0 aromatic carbocycles. The van der Waals surface area contributed by atoms with Crippen LogP contribution in [0.1, 0.15) is 41.0 Å². The van der Waals surface area contributed by atoms with E-state index in [0.29, 0.717) is 6.42 Å². The first-order valence-electron chi connectivity index (χ1n) is 6.07. The molecule has 0 heterocycles. The highest BCUT2D eigenvalue weighted by Crippen LogP contribution is 2.07. The minimum absolute atomic E-state index is 0.242. The summed E-state index contributed by atoms with van der Waals surface area (Å²) in [6.07, 6.45) is 0.629. The van der Waals surface area contributed by atoms with Crippen molar-refractivity contribution in [2.75, 3.05) is 19.7 Å². The maximum Gasteiger partial charge on any atom is 0.321 e. The van der Waals surface area contributed by atoms with Crippen molar-refractivity contribution in [1.29, 1.82) is 0 Å². The van der Waals surface area contributed by atoms with Crippen LogP contribution in [0.2, 0.25) is 0 Å². The topological polar surface area (TPSA) is 75.7 Å². The molecule has 0 spiro atoms. The molecule has 0 aliphatic rings. The molecule has 0 saturated heterocycles. The zero-order valence-corrected chi connectivity index (χ0v) is 12.6. The second-order valence-corrected chi connectivity index (χ2v) is 6.67. The molecule has 6 nitrogen and oxygen atoms in total. The van der Waals surface area contributed by atoms with Crippen molar-refractivity contribution in [3.63, 3.8) is 0 Å². The third kappa shape index (κ3) is 6.93. The van der Waals surface area contributed by atoms with Gasteiger partial charge in [-0.15, -0.1) is 0 Å². The normalized spacial score (nSPS) is 12.8. The highest BCUT2D eigenvalue weighted by molar-refractivity contribution is 7.87. The first-order valence-corrected chi connectivity index (χ1v) is 7.51. The van der Waals surface area contributed by atoms with E-state index < -0.39 is 21.7 Å². The van der Waals surface area contributed by atoms with E-state index in [0.717, 1.165) is 4.31 Å². The van der Waals surface area contributed by atoms with Crippen LogP contribution in [0.4, 0.5) is 0 Å². The van der Waals surface area contributed by atoms with E-state index in [-0.39, 0.29) is 19.7 Å². The Morgan fingerprint density at radius 2 is 1.83 bits per heavy atom. The Kier molecular flexibility index (Phi) is 6.80. The van der Waals surface area contributed by atoms with Gasteiger partial charge < -0.3 is 4.74 Å². The van der Waals surface area contributed by atoms with Crippen LogP contribution in [0.25, 0.3) is 0 Å². The van der Waals surface area contributed by atoms with Gasteiger partial charge in [0, 0.05) is 12.1 Å². The molecule has 0 radical (unpaired) electrons. The van der Waals surface area contributed by atoms with Gasteiger partial charge in [0.25, 0.3) is 10.2 Å². The van der Waals surface area contributed by atoms with Crippen LogP contribution in [-0.4, -0.2) is 43.9 Å². The lowest BCUT2D eigenvalue weighted by atomic mass is 10.1. The van der Waals surface area contributed by atoms with E-state index in [1.165, 1.54) is 0 Å². The van der Waals surface area contributed by atoms with Gasteiger partial charge in [0.15, 0.2) is 0 Å². The van der Waals surface area contributed by atoms with Crippen LogP contribution in [-0.2, 0) is 19.7 Å². The lowest BCUT2D eigenvalue weighted by Crippen LogP contribution is -2.50. The van der Waals surface area contributed by atoms with Crippen molar-refractivity contribution >= 4 is 16.2 Å². The molecule has 0 bridgehead atoms. The number of carbonyl (C=O) groups is 1. The molecule has 0 aromatic rings. The summed E-state index contributed by atoms with van der Waals surface area (Å²) in [5.41, 5.74) is -0.584. The van der Waals surface area contributed by atoms with E-state index >= 15 is 0 Å². The van der Waals surface area contributed by atoms with Gasteiger partial charge in [-0.25, -0.2) is 0 Å². The quantitative estimate of drug-likeness (QED) is 0.703. The van der Waals surface area contributed by atoms with Crippen LogP contribution in [0.5, 0.6) is 0 Å². The fourth-order valence-corrected chi connectivity index (χ4v) is 2.94. The Morgan fingerprint density at radius 3 is 2.22 bits per heavy atom. The molecular formula is C11H24N2O4S. The van der Waals surface area contributed by atoms with Gasteiger partial charge in [0.05, 0.1) is 6.61 Å². The maximum atomic E-state index is 12.1. The summed E-state index contributed by atoms with van der Waals surface area (Å²) >= 11 is 0. The SMILES string of the molecule is CCCN(CC(=O)OCC)S(=O)(=O)NC(C)(C)C. The monoisotopic (exact) mass is 280 g/mol. The van der Waals surface area contributed by atoms with E-state index in [1.807, 2.05) is 6.92 Å². The third-order valence-electron chi connectivity index (χ3n) is 1.86. The minimum atomic E-state index is -3.67. The van der Waals surface area contributed by atoms with Crippen LogP contribution in [0.3, 0.4) is 0 Å². The van der Waals surface area contributed by atoms with Crippen molar-refractivity contribution in [3.05, 3.63) is 0 Å². The molecule has 0 unspecified atom stereocenters. The molecular weight excluding hydrogens is 256 g/mol. The Bertz CT molecular complexity index is 360. The second kappa shape index (κ2) is 7.06. The molecule has 108 valence electrons. The Hall–Kier alpha value is -0.660. The van der Waals surface area contributed by atoms with Crippen LogP contribution >= 0.6 is 0 Å². The Morgan fingerprint density at radius 1 is 1.28 bits per heavy atom. The van der Waals surface area contributed by atoms with E-state index in [9.17, 15) is 13.2 Å². The summed E-state index contributed by atoms with van der Waals surface area (Å²) in [4.78, 5) is 11.4. The Labute approximate surface area is 110 Å². The number of nitrogens with zero attached hydrogens (tertiary/aromatic N) is 1. The standard InChI is InChI=1S/C11H24N2O4S/c1-6-8-13(9-10(14)17-7-2)18(15,16)12-11(3,4)5/h12H,6-9H2,1-5H3. The second-order valence-electron chi connectivity index (χ2n) is 5.00. The average Bonchev–Trinajstić information content (AvgIpc) is 2.13. The molecule has 0 atom stereocenters. The molecule has 18 heavy (non-hydrogen) atoms. The van der Waals surface area contributed by atoms with Gasteiger partial charge in [-0.2, -0.15) is 17.4 Å². The molecule has 0 rings (SSSR count). The van der Waals surface area contributed by atoms with Gasteiger partial charge in [0.1, 0.15) is 6.54 Å². The highest BCUT2D eigenvalue weighted by Gasteiger charge is 2.28. The summed E-state index contributed by atoms with van der Waals surface area (Å²) in [6, 6.07) is 0. The summed E-state index contributed by atoms with van der Waals surface area (Å²) in [6.45, 7) is 9.05. The van der Waals surface area contributed by atoms with Gasteiger partial charge in [0.2, 0.25) is 0 Å². The zero-order chi connectivity index (χ0) is 14.4. The van der Waals surface area contributed by atoms with Crippen LogP contribution in [0, 0.1) is 0 Å². The molecule has 0 aromatic heterocycles. The fraction of sp³-hybridized carbons (Fsp3) is 0.909. The average molecular weight is 280 g/mol. The van der Waals surface area contributed by atoms with Crippen LogP contribution in [0.15, 0.2) is 0 Å². The fourth-order valence-electron chi connectivity index (χ4n) is 1.34. The van der Waals surface area contributed by atoms with Crippen molar-refractivity contribution in [2.24, 2.45) is 0 Å². The van der Waals surface area contributed by atoms with Gasteiger partial charge in [-0.05, 0) is 34.1 Å². The molecule has 0 amide bonds. The summed E-state index contributed by atoms with van der Waals surface area (Å²) < 4.78 is 32.6. The molecule has 1 N–H and O–H groups in total. The number of ether oxygens (including phenoxy) is 1. The van der Waals surface area contributed by atoms with E-state index in [1.54, 1.807) is 27.7 Å². The number of hydrogen-bond acceptors (Lipinski definition) is 4. The predicted octanol–water partition coefficient (Wildman–Crippen LogP) is 0.894. The first-order chi connectivity index (χ1) is 8.12. The van der Waals surface area contributed by atoms with Gasteiger partial charge >= 0.3 is 5.97 Å². The lowest BCUT2D eigenvalue weighted by molar-refractivity contribution is -0.143. The third-order valence-corrected chi connectivity index (χ3v) is 3.72. The Balaban J connectivity index is 4.82. The number of hydrogen-bond donors (Lipinski definition) is 1. The largest absolute Gasteiger partial charge is 0.465 e. The summed E-state index contributed by atoms with van der Waals surface area (Å²) in [5, 5.41) is 0. The summed E-state index contributed by atoms with van der Waals surface area (Å²) in [7, 11) is -3.67. The smallest absolute Gasteiger partial charge is 0.321 e. The predicted molar refractivity (Wildman–Crippen MR) is 70.3 cm³/mol. The van der Waals surface area contributed by atoms with Crippen molar-refractivity contribution in [2.45, 2.75) is 46.6 Å².